The van der Waals surface area contributed by atoms with Gasteiger partial charge in [-0.3, -0.25) is 0 Å². The van der Waals surface area contributed by atoms with Crippen molar-refractivity contribution < 1.29 is 18.0 Å². The Morgan fingerprint density at radius 2 is 1.62 bits per heavy atom. The van der Waals surface area contributed by atoms with Crippen LogP contribution in [0.4, 0.5) is 46.5 Å². The van der Waals surface area contributed by atoms with Crippen LogP contribution in [0.25, 0.3) is 0 Å². The molecule has 0 aliphatic carbocycles. The second-order valence-electron chi connectivity index (χ2n) is 6.20. The molecule has 1 aromatic heterocycles. The van der Waals surface area contributed by atoms with Crippen LogP contribution in [0.5, 0.6) is 0 Å². The lowest BCUT2D eigenvalue weighted by Crippen LogP contribution is -2.20. The minimum absolute atomic E-state index is 0.407. The standard InChI is InChI=1S/C19H17F3N6O/c1-28(2)13-9-16(27-23-10-13)24-11-3-5-12(6-4-11)25-19(29)26-15-8-7-14(20)17(21)18(15)22/h3-10H,1-2H3,(H,24,27)(H2,25,26,29). The lowest BCUT2D eigenvalue weighted by atomic mass is 10.2. The van der Waals surface area contributed by atoms with Crippen molar-refractivity contribution >= 4 is 34.6 Å². The Labute approximate surface area is 164 Å². The highest BCUT2D eigenvalue weighted by atomic mass is 19.2. The summed E-state index contributed by atoms with van der Waals surface area (Å²) in [5.41, 5.74) is 1.51. The minimum atomic E-state index is -1.65. The molecule has 3 rings (SSSR count). The number of hydrogen-bond donors (Lipinski definition) is 3. The molecule has 0 atom stereocenters. The molecule has 0 bridgehead atoms. The first-order chi connectivity index (χ1) is 13.8. The van der Waals surface area contributed by atoms with Gasteiger partial charge in [-0.25, -0.2) is 18.0 Å². The molecule has 0 radical (unpaired) electrons. The molecule has 3 aromatic rings. The number of halogens is 3. The first kappa shape index (κ1) is 19.9. The molecule has 0 spiro atoms. The highest BCUT2D eigenvalue weighted by Crippen LogP contribution is 2.22. The summed E-state index contributed by atoms with van der Waals surface area (Å²) in [6, 6.07) is 9.27. The number of urea groups is 1. The van der Waals surface area contributed by atoms with Gasteiger partial charge in [0.05, 0.1) is 17.6 Å². The van der Waals surface area contributed by atoms with Gasteiger partial charge in [0.25, 0.3) is 0 Å². The SMILES string of the molecule is CN(C)c1cnnc(Nc2ccc(NC(=O)Nc3ccc(F)c(F)c3F)cc2)c1. The molecule has 0 aliphatic heterocycles. The van der Waals surface area contributed by atoms with Crippen LogP contribution < -0.4 is 20.9 Å². The fraction of sp³-hybridized carbons (Fsp3) is 0.105. The van der Waals surface area contributed by atoms with Gasteiger partial charge < -0.3 is 20.9 Å². The fourth-order valence-corrected chi connectivity index (χ4v) is 2.35. The molecule has 7 nitrogen and oxygen atoms in total. The van der Waals surface area contributed by atoms with Crippen molar-refractivity contribution in [2.24, 2.45) is 0 Å². The van der Waals surface area contributed by atoms with E-state index in [2.05, 4.69) is 26.1 Å². The zero-order valence-electron chi connectivity index (χ0n) is 15.5. The van der Waals surface area contributed by atoms with Crippen molar-refractivity contribution in [2.75, 3.05) is 34.9 Å². The van der Waals surface area contributed by atoms with E-state index in [9.17, 15) is 18.0 Å². The van der Waals surface area contributed by atoms with Gasteiger partial charge in [0.1, 0.15) is 0 Å². The predicted octanol–water partition coefficient (Wildman–Crippen LogP) is 4.35. The lowest BCUT2D eigenvalue weighted by Gasteiger charge is -2.13. The van der Waals surface area contributed by atoms with Gasteiger partial charge in [-0.15, -0.1) is 5.10 Å². The summed E-state index contributed by atoms with van der Waals surface area (Å²) in [7, 11) is 3.77. The van der Waals surface area contributed by atoms with Gasteiger partial charge in [0.2, 0.25) is 0 Å². The third-order valence-corrected chi connectivity index (χ3v) is 3.86. The van der Waals surface area contributed by atoms with E-state index >= 15 is 0 Å². The zero-order chi connectivity index (χ0) is 21.0. The average molecular weight is 402 g/mol. The van der Waals surface area contributed by atoms with Crippen molar-refractivity contribution in [3.8, 4) is 0 Å². The third-order valence-electron chi connectivity index (χ3n) is 3.86. The largest absolute Gasteiger partial charge is 0.376 e. The number of nitrogens with one attached hydrogen (secondary N) is 3. The molecule has 150 valence electrons. The summed E-state index contributed by atoms with van der Waals surface area (Å²) in [5.74, 6) is -3.92. The van der Waals surface area contributed by atoms with Gasteiger partial charge >= 0.3 is 6.03 Å². The fourth-order valence-electron chi connectivity index (χ4n) is 2.35. The monoisotopic (exact) mass is 402 g/mol. The van der Waals surface area contributed by atoms with Crippen molar-refractivity contribution in [1.82, 2.24) is 10.2 Å². The Morgan fingerprint density at radius 1 is 0.931 bits per heavy atom. The second kappa shape index (κ2) is 8.46. The van der Waals surface area contributed by atoms with E-state index in [4.69, 9.17) is 0 Å². The predicted molar refractivity (Wildman–Crippen MR) is 105 cm³/mol. The highest BCUT2D eigenvalue weighted by molar-refractivity contribution is 5.99. The average Bonchev–Trinajstić information content (AvgIpc) is 2.70. The normalized spacial score (nSPS) is 10.4. The molecule has 0 saturated heterocycles. The van der Waals surface area contributed by atoms with Crippen LogP contribution in [0.3, 0.4) is 0 Å². The van der Waals surface area contributed by atoms with Crippen LogP contribution in [0, 0.1) is 17.5 Å². The molecule has 0 unspecified atom stereocenters. The summed E-state index contributed by atoms with van der Waals surface area (Å²) in [6.07, 6.45) is 1.63. The topological polar surface area (TPSA) is 82.2 Å². The van der Waals surface area contributed by atoms with E-state index in [1.807, 2.05) is 25.1 Å². The van der Waals surface area contributed by atoms with Crippen molar-refractivity contribution in [3.05, 3.63) is 66.1 Å². The number of hydrogen-bond acceptors (Lipinski definition) is 5. The maximum Gasteiger partial charge on any atom is 0.323 e. The Balaban J connectivity index is 1.62. The Bertz CT molecular complexity index is 1030. The van der Waals surface area contributed by atoms with Gasteiger partial charge in [-0.2, -0.15) is 5.10 Å². The molecular weight excluding hydrogens is 385 g/mol. The van der Waals surface area contributed by atoms with E-state index in [0.717, 1.165) is 17.8 Å². The number of rotatable bonds is 5. The molecule has 1 heterocycles. The molecule has 3 N–H and O–H groups in total. The van der Waals surface area contributed by atoms with E-state index in [1.165, 1.54) is 0 Å². The first-order valence-electron chi connectivity index (χ1n) is 8.42. The third kappa shape index (κ3) is 4.92. The van der Waals surface area contributed by atoms with E-state index in [1.54, 1.807) is 30.5 Å². The van der Waals surface area contributed by atoms with Crippen LogP contribution in [0.15, 0.2) is 48.7 Å². The van der Waals surface area contributed by atoms with Gasteiger partial charge in [0, 0.05) is 31.5 Å². The van der Waals surface area contributed by atoms with Crippen LogP contribution >= 0.6 is 0 Å². The lowest BCUT2D eigenvalue weighted by molar-refractivity contribution is 0.262. The molecule has 0 aliphatic rings. The van der Waals surface area contributed by atoms with Crippen molar-refractivity contribution in [1.29, 1.82) is 0 Å². The smallest absolute Gasteiger partial charge is 0.323 e. The Kier molecular flexibility index (Phi) is 5.82. The minimum Gasteiger partial charge on any atom is -0.376 e. The van der Waals surface area contributed by atoms with Gasteiger partial charge in [-0.05, 0) is 36.4 Å². The van der Waals surface area contributed by atoms with Crippen molar-refractivity contribution in [2.45, 2.75) is 0 Å². The molecule has 2 amide bonds. The van der Waals surface area contributed by atoms with E-state index in [0.29, 0.717) is 17.2 Å². The molecule has 2 aromatic carbocycles. The zero-order valence-corrected chi connectivity index (χ0v) is 15.5. The Morgan fingerprint density at radius 3 is 2.31 bits per heavy atom. The first-order valence-corrected chi connectivity index (χ1v) is 8.42. The van der Waals surface area contributed by atoms with Gasteiger partial charge in [0.15, 0.2) is 23.3 Å². The molecule has 10 heteroatoms. The molecule has 0 fully saturated rings. The summed E-state index contributed by atoms with van der Waals surface area (Å²) in [6.45, 7) is 0. The number of benzene rings is 2. The summed E-state index contributed by atoms with van der Waals surface area (Å²) >= 11 is 0. The van der Waals surface area contributed by atoms with E-state index < -0.39 is 29.2 Å². The van der Waals surface area contributed by atoms with Crippen LogP contribution in [0.1, 0.15) is 0 Å². The maximum atomic E-state index is 13.6. The quantitative estimate of drug-likeness (QED) is 0.553. The molecule has 29 heavy (non-hydrogen) atoms. The van der Waals surface area contributed by atoms with Crippen LogP contribution in [-0.2, 0) is 0 Å². The van der Waals surface area contributed by atoms with Crippen LogP contribution in [-0.4, -0.2) is 30.3 Å². The number of amides is 2. The second-order valence-corrected chi connectivity index (χ2v) is 6.20. The summed E-state index contributed by atoms with van der Waals surface area (Å²) in [4.78, 5) is 13.9. The van der Waals surface area contributed by atoms with Gasteiger partial charge in [-0.1, -0.05) is 0 Å². The number of nitrogens with zero attached hydrogens (tertiary/aromatic N) is 3. The summed E-state index contributed by atoms with van der Waals surface area (Å²) in [5, 5.41) is 15.6. The number of aromatic nitrogens is 2. The summed E-state index contributed by atoms with van der Waals surface area (Å²) < 4.78 is 39.8. The van der Waals surface area contributed by atoms with Crippen LogP contribution in [0.2, 0.25) is 0 Å². The maximum absolute atomic E-state index is 13.6. The number of carbonyl (C=O) groups is 1. The Hall–Kier alpha value is -3.82. The van der Waals surface area contributed by atoms with E-state index in [-0.39, 0.29) is 0 Å². The molecule has 0 saturated carbocycles. The van der Waals surface area contributed by atoms with Crippen molar-refractivity contribution in [3.63, 3.8) is 0 Å². The highest BCUT2D eigenvalue weighted by Gasteiger charge is 2.15. The molecular formula is C19H17F3N6O. The number of anilines is 5. The number of carbonyl (C=O) groups excluding carboxylic acids is 1.